The molecule has 0 bridgehead atoms. The van der Waals surface area contributed by atoms with Crippen LogP contribution in [-0.2, 0) is 6.42 Å². The first-order chi connectivity index (χ1) is 11.3. The number of hydrogen-bond donors (Lipinski definition) is 1. The zero-order valence-electron chi connectivity index (χ0n) is 13.2. The SMILES string of the molecule is OC(CCCCCCc1ccccc1)c1nc2ncccc2o1. The van der Waals surface area contributed by atoms with E-state index in [0.717, 1.165) is 19.3 Å². The number of aliphatic hydroxyl groups is 1. The lowest BCUT2D eigenvalue weighted by Crippen LogP contribution is -1.97. The molecule has 0 spiro atoms. The average molecular weight is 310 g/mol. The minimum Gasteiger partial charge on any atom is -0.436 e. The number of aryl methyl sites for hydroxylation is 1. The molecule has 2 aromatic heterocycles. The van der Waals surface area contributed by atoms with E-state index in [1.807, 2.05) is 12.1 Å². The van der Waals surface area contributed by atoms with Gasteiger partial charge in [-0.25, -0.2) is 4.98 Å². The summed E-state index contributed by atoms with van der Waals surface area (Å²) in [5, 5.41) is 10.2. The van der Waals surface area contributed by atoms with E-state index in [1.165, 1.54) is 18.4 Å². The molecule has 0 radical (unpaired) electrons. The number of hydrogen-bond acceptors (Lipinski definition) is 4. The quantitative estimate of drug-likeness (QED) is 0.624. The summed E-state index contributed by atoms with van der Waals surface area (Å²) in [7, 11) is 0. The lowest BCUT2D eigenvalue weighted by molar-refractivity contribution is 0.133. The van der Waals surface area contributed by atoms with E-state index in [0.29, 0.717) is 23.5 Å². The highest BCUT2D eigenvalue weighted by Crippen LogP contribution is 2.22. The van der Waals surface area contributed by atoms with Gasteiger partial charge in [-0.3, -0.25) is 0 Å². The molecule has 3 rings (SSSR count). The summed E-state index contributed by atoms with van der Waals surface area (Å²) in [6, 6.07) is 14.2. The van der Waals surface area contributed by atoms with E-state index in [-0.39, 0.29) is 0 Å². The van der Waals surface area contributed by atoms with E-state index in [1.54, 1.807) is 12.3 Å². The Bertz CT molecular complexity index is 691. The monoisotopic (exact) mass is 310 g/mol. The predicted molar refractivity (Wildman–Crippen MR) is 90.0 cm³/mol. The Balaban J connectivity index is 1.37. The number of aliphatic hydroxyl groups excluding tert-OH is 1. The van der Waals surface area contributed by atoms with Gasteiger partial charge in [-0.15, -0.1) is 0 Å². The third-order valence-corrected chi connectivity index (χ3v) is 4.00. The van der Waals surface area contributed by atoms with E-state index in [4.69, 9.17) is 4.42 Å². The van der Waals surface area contributed by atoms with Gasteiger partial charge in [0.15, 0.2) is 11.2 Å². The summed E-state index contributed by atoms with van der Waals surface area (Å²) in [6.07, 6.45) is 7.29. The van der Waals surface area contributed by atoms with Crippen molar-refractivity contribution in [1.29, 1.82) is 0 Å². The molecule has 1 unspecified atom stereocenters. The maximum Gasteiger partial charge on any atom is 0.225 e. The maximum atomic E-state index is 10.2. The van der Waals surface area contributed by atoms with Crippen molar-refractivity contribution in [2.24, 2.45) is 0 Å². The van der Waals surface area contributed by atoms with Crippen LogP contribution in [0.2, 0.25) is 0 Å². The van der Waals surface area contributed by atoms with Gasteiger partial charge in [-0.1, -0.05) is 49.6 Å². The fourth-order valence-corrected chi connectivity index (χ4v) is 2.72. The van der Waals surface area contributed by atoms with Crippen LogP contribution in [-0.4, -0.2) is 15.1 Å². The molecular formula is C19H22N2O2. The van der Waals surface area contributed by atoms with Gasteiger partial charge in [0.1, 0.15) is 6.10 Å². The van der Waals surface area contributed by atoms with Gasteiger partial charge in [0, 0.05) is 6.20 Å². The summed E-state index contributed by atoms with van der Waals surface area (Å²) in [5.74, 6) is 0.378. The molecule has 1 N–H and O–H groups in total. The van der Waals surface area contributed by atoms with Crippen molar-refractivity contribution in [3.63, 3.8) is 0 Å². The first kappa shape index (κ1) is 15.7. The van der Waals surface area contributed by atoms with Gasteiger partial charge in [0.2, 0.25) is 5.89 Å². The van der Waals surface area contributed by atoms with Crippen LogP contribution >= 0.6 is 0 Å². The molecule has 0 saturated heterocycles. The van der Waals surface area contributed by atoms with Crippen LogP contribution in [0.4, 0.5) is 0 Å². The molecule has 4 nitrogen and oxygen atoms in total. The first-order valence-corrected chi connectivity index (χ1v) is 8.26. The normalized spacial score (nSPS) is 12.6. The summed E-state index contributed by atoms with van der Waals surface area (Å²) >= 11 is 0. The van der Waals surface area contributed by atoms with E-state index < -0.39 is 6.10 Å². The Morgan fingerprint density at radius 3 is 2.61 bits per heavy atom. The Morgan fingerprint density at radius 1 is 0.957 bits per heavy atom. The van der Waals surface area contributed by atoms with Crippen molar-refractivity contribution >= 4 is 11.2 Å². The summed E-state index contributed by atoms with van der Waals surface area (Å²) in [4.78, 5) is 8.36. The minimum absolute atomic E-state index is 0.378. The first-order valence-electron chi connectivity index (χ1n) is 8.26. The number of nitrogens with zero attached hydrogens (tertiary/aromatic N) is 2. The number of aromatic nitrogens is 2. The molecule has 0 aliphatic carbocycles. The van der Waals surface area contributed by atoms with Crippen molar-refractivity contribution in [1.82, 2.24) is 9.97 Å². The maximum absolute atomic E-state index is 10.2. The third-order valence-electron chi connectivity index (χ3n) is 4.00. The molecule has 0 saturated carbocycles. The van der Waals surface area contributed by atoms with Gasteiger partial charge in [0.25, 0.3) is 0 Å². The van der Waals surface area contributed by atoms with E-state index in [9.17, 15) is 5.11 Å². The minimum atomic E-state index is -0.640. The number of benzene rings is 1. The fraction of sp³-hybridized carbons (Fsp3) is 0.368. The second kappa shape index (κ2) is 7.88. The molecule has 1 atom stereocenters. The van der Waals surface area contributed by atoms with Crippen LogP contribution < -0.4 is 0 Å². The summed E-state index contributed by atoms with van der Waals surface area (Å²) in [6.45, 7) is 0. The molecule has 120 valence electrons. The molecule has 23 heavy (non-hydrogen) atoms. The van der Waals surface area contributed by atoms with Crippen LogP contribution in [0.5, 0.6) is 0 Å². The topological polar surface area (TPSA) is 59.2 Å². The molecule has 0 aliphatic heterocycles. The molecule has 4 heteroatoms. The Hall–Kier alpha value is -2.20. The van der Waals surface area contributed by atoms with Crippen molar-refractivity contribution < 1.29 is 9.52 Å². The highest BCUT2D eigenvalue weighted by molar-refractivity contribution is 5.66. The zero-order valence-corrected chi connectivity index (χ0v) is 13.2. The smallest absolute Gasteiger partial charge is 0.225 e. The Morgan fingerprint density at radius 2 is 1.78 bits per heavy atom. The fourth-order valence-electron chi connectivity index (χ4n) is 2.72. The summed E-state index contributed by atoms with van der Waals surface area (Å²) in [5.41, 5.74) is 2.58. The number of rotatable bonds is 8. The van der Waals surface area contributed by atoms with Crippen LogP contribution in [0.3, 0.4) is 0 Å². The van der Waals surface area contributed by atoms with Crippen molar-refractivity contribution in [3.8, 4) is 0 Å². The molecule has 1 aromatic carbocycles. The molecule has 0 amide bonds. The van der Waals surface area contributed by atoms with Crippen molar-refractivity contribution in [2.45, 2.75) is 44.6 Å². The highest BCUT2D eigenvalue weighted by atomic mass is 16.4. The van der Waals surface area contributed by atoms with Gasteiger partial charge in [-0.2, -0.15) is 4.98 Å². The van der Waals surface area contributed by atoms with Gasteiger partial charge >= 0.3 is 0 Å². The van der Waals surface area contributed by atoms with E-state index >= 15 is 0 Å². The predicted octanol–water partition coefficient (Wildman–Crippen LogP) is 4.45. The van der Waals surface area contributed by atoms with E-state index in [2.05, 4.69) is 34.2 Å². The second-order valence-corrected chi connectivity index (χ2v) is 5.83. The molecule has 2 heterocycles. The number of unbranched alkanes of at least 4 members (excludes halogenated alkanes) is 3. The third kappa shape index (κ3) is 4.39. The zero-order chi connectivity index (χ0) is 15.9. The molecule has 3 aromatic rings. The molecule has 0 fully saturated rings. The Kier molecular flexibility index (Phi) is 5.37. The average Bonchev–Trinajstić information content (AvgIpc) is 3.03. The lowest BCUT2D eigenvalue weighted by Gasteiger charge is -2.06. The van der Waals surface area contributed by atoms with Crippen LogP contribution in [0.25, 0.3) is 11.2 Å². The van der Waals surface area contributed by atoms with Crippen molar-refractivity contribution in [2.75, 3.05) is 0 Å². The molecular weight excluding hydrogens is 288 g/mol. The van der Waals surface area contributed by atoms with Gasteiger partial charge in [0.05, 0.1) is 0 Å². The molecule has 0 aliphatic rings. The number of pyridine rings is 1. The number of fused-ring (bicyclic) bond motifs is 1. The van der Waals surface area contributed by atoms with Crippen LogP contribution in [0.15, 0.2) is 53.1 Å². The van der Waals surface area contributed by atoms with Gasteiger partial charge < -0.3 is 9.52 Å². The largest absolute Gasteiger partial charge is 0.436 e. The lowest BCUT2D eigenvalue weighted by atomic mass is 10.0. The van der Waals surface area contributed by atoms with Crippen LogP contribution in [0, 0.1) is 0 Å². The summed E-state index contributed by atoms with van der Waals surface area (Å²) < 4.78 is 5.54. The van der Waals surface area contributed by atoms with Crippen LogP contribution in [0.1, 0.15) is 49.7 Å². The number of oxazole rings is 1. The second-order valence-electron chi connectivity index (χ2n) is 5.83. The van der Waals surface area contributed by atoms with Gasteiger partial charge in [-0.05, 0) is 37.0 Å². The highest BCUT2D eigenvalue weighted by Gasteiger charge is 2.15. The Labute approximate surface area is 136 Å². The van der Waals surface area contributed by atoms with Crippen molar-refractivity contribution in [3.05, 3.63) is 60.1 Å². The standard InChI is InChI=1S/C19H22N2O2/c22-16(19-21-18-17(23-19)13-8-14-20-18)12-7-2-1-4-9-15-10-5-3-6-11-15/h3,5-6,8,10-11,13-14,16,22H,1-2,4,7,9,12H2.